The highest BCUT2D eigenvalue weighted by atomic mass is 16.4. The van der Waals surface area contributed by atoms with Gasteiger partial charge in [-0.2, -0.15) is 0 Å². The Morgan fingerprint density at radius 2 is 1.71 bits per heavy atom. The van der Waals surface area contributed by atoms with Crippen LogP contribution < -0.4 is 0 Å². The molecule has 152 valence electrons. The third-order valence-electron chi connectivity index (χ3n) is 5.80. The first kappa shape index (κ1) is 20.3. The highest BCUT2D eigenvalue weighted by molar-refractivity contribution is 5.94. The molecule has 2 heterocycles. The van der Waals surface area contributed by atoms with E-state index in [2.05, 4.69) is 4.90 Å². The topological polar surface area (TPSA) is 81.2 Å². The van der Waals surface area contributed by atoms with Crippen LogP contribution in [0.3, 0.4) is 0 Å². The van der Waals surface area contributed by atoms with Crippen molar-refractivity contribution >= 4 is 17.8 Å². The van der Waals surface area contributed by atoms with Gasteiger partial charge in [0.05, 0.1) is 12.3 Å². The summed E-state index contributed by atoms with van der Waals surface area (Å²) in [6.07, 6.45) is 1.77. The Balaban J connectivity index is 1.53. The standard InChI is InChI=1S/C21H29N3O4/c1-16(14-19(25)26)22-10-12-23(13-11-22)21(28)18-8-5-9-24(15-18)20(27)17-6-3-2-4-7-17/h2-4,6-7,16,18H,5,8-15H2,1H3,(H,25,26). The van der Waals surface area contributed by atoms with E-state index in [1.165, 1.54) is 0 Å². The van der Waals surface area contributed by atoms with Gasteiger partial charge in [0.1, 0.15) is 0 Å². The van der Waals surface area contributed by atoms with E-state index in [4.69, 9.17) is 5.11 Å². The fraction of sp³-hybridized carbons (Fsp3) is 0.571. The number of hydrogen-bond acceptors (Lipinski definition) is 4. The summed E-state index contributed by atoms with van der Waals surface area (Å²) < 4.78 is 0. The maximum Gasteiger partial charge on any atom is 0.304 e. The summed E-state index contributed by atoms with van der Waals surface area (Å²) in [5.74, 6) is -0.831. The van der Waals surface area contributed by atoms with Crippen LogP contribution in [0.2, 0.25) is 0 Å². The Labute approximate surface area is 165 Å². The number of rotatable bonds is 5. The van der Waals surface area contributed by atoms with Crippen molar-refractivity contribution in [2.24, 2.45) is 5.92 Å². The Morgan fingerprint density at radius 1 is 1.04 bits per heavy atom. The summed E-state index contributed by atoms with van der Waals surface area (Å²) in [7, 11) is 0. The maximum atomic E-state index is 13.0. The average Bonchev–Trinajstić information content (AvgIpc) is 2.73. The minimum Gasteiger partial charge on any atom is -0.481 e. The van der Waals surface area contributed by atoms with Gasteiger partial charge in [0.15, 0.2) is 0 Å². The van der Waals surface area contributed by atoms with Gasteiger partial charge in [-0.3, -0.25) is 19.3 Å². The smallest absolute Gasteiger partial charge is 0.304 e. The number of aliphatic carboxylic acids is 1. The third-order valence-corrected chi connectivity index (χ3v) is 5.80. The molecule has 2 unspecified atom stereocenters. The van der Waals surface area contributed by atoms with E-state index < -0.39 is 5.97 Å². The molecule has 2 aliphatic rings. The fourth-order valence-electron chi connectivity index (χ4n) is 4.15. The lowest BCUT2D eigenvalue weighted by Gasteiger charge is -2.40. The molecular weight excluding hydrogens is 358 g/mol. The number of carbonyl (C=O) groups excluding carboxylic acids is 2. The summed E-state index contributed by atoms with van der Waals surface area (Å²) in [5, 5.41) is 8.95. The molecule has 2 saturated heterocycles. The van der Waals surface area contributed by atoms with Crippen LogP contribution in [0.5, 0.6) is 0 Å². The molecule has 2 atom stereocenters. The normalized spacial score (nSPS) is 22.0. The van der Waals surface area contributed by atoms with Crippen LogP contribution in [0.4, 0.5) is 0 Å². The second-order valence-electron chi connectivity index (χ2n) is 7.76. The predicted octanol–water partition coefficient (Wildman–Crippen LogP) is 1.55. The molecule has 0 saturated carbocycles. The molecule has 0 aromatic heterocycles. The van der Waals surface area contributed by atoms with Gasteiger partial charge >= 0.3 is 5.97 Å². The molecule has 1 N–H and O–H groups in total. The van der Waals surface area contributed by atoms with Crippen molar-refractivity contribution in [1.82, 2.24) is 14.7 Å². The number of carboxylic acid groups (broad SMARTS) is 1. The number of nitrogens with zero attached hydrogens (tertiary/aromatic N) is 3. The molecule has 1 aromatic rings. The van der Waals surface area contributed by atoms with Crippen molar-refractivity contribution < 1.29 is 19.5 Å². The Bertz CT molecular complexity index is 701. The van der Waals surface area contributed by atoms with Crippen LogP contribution in [0.25, 0.3) is 0 Å². The van der Waals surface area contributed by atoms with Crippen LogP contribution in [0.15, 0.2) is 30.3 Å². The van der Waals surface area contributed by atoms with Crippen LogP contribution in [0.1, 0.15) is 36.5 Å². The van der Waals surface area contributed by atoms with E-state index >= 15 is 0 Å². The van der Waals surface area contributed by atoms with Gasteiger partial charge < -0.3 is 14.9 Å². The lowest BCUT2D eigenvalue weighted by atomic mass is 9.95. The van der Waals surface area contributed by atoms with E-state index in [9.17, 15) is 14.4 Å². The molecule has 0 bridgehead atoms. The number of piperazine rings is 1. The van der Waals surface area contributed by atoms with E-state index in [1.807, 2.05) is 42.2 Å². The Kier molecular flexibility index (Phi) is 6.67. The molecular formula is C21H29N3O4. The van der Waals surface area contributed by atoms with Gasteiger partial charge in [-0.15, -0.1) is 0 Å². The first-order valence-electron chi connectivity index (χ1n) is 10.0. The number of benzene rings is 1. The van der Waals surface area contributed by atoms with E-state index in [0.717, 1.165) is 12.8 Å². The summed E-state index contributed by atoms with van der Waals surface area (Å²) in [6.45, 7) is 5.71. The quantitative estimate of drug-likeness (QED) is 0.829. The molecule has 2 amide bonds. The lowest BCUT2D eigenvalue weighted by Crippen LogP contribution is -2.54. The maximum absolute atomic E-state index is 13.0. The van der Waals surface area contributed by atoms with Crippen molar-refractivity contribution in [2.75, 3.05) is 39.3 Å². The number of hydrogen-bond donors (Lipinski definition) is 1. The van der Waals surface area contributed by atoms with Crippen molar-refractivity contribution in [3.63, 3.8) is 0 Å². The van der Waals surface area contributed by atoms with Gasteiger partial charge in [0.25, 0.3) is 5.91 Å². The minimum atomic E-state index is -0.795. The zero-order valence-electron chi connectivity index (χ0n) is 16.4. The largest absolute Gasteiger partial charge is 0.481 e. The van der Waals surface area contributed by atoms with Gasteiger partial charge in [-0.05, 0) is 31.9 Å². The Hall–Kier alpha value is -2.41. The van der Waals surface area contributed by atoms with Crippen LogP contribution in [-0.4, -0.2) is 82.9 Å². The van der Waals surface area contributed by atoms with Crippen molar-refractivity contribution in [2.45, 2.75) is 32.2 Å². The van der Waals surface area contributed by atoms with Gasteiger partial charge in [0.2, 0.25) is 5.91 Å². The second kappa shape index (κ2) is 9.19. The van der Waals surface area contributed by atoms with Crippen LogP contribution in [0, 0.1) is 5.92 Å². The highest BCUT2D eigenvalue weighted by Gasteiger charge is 2.33. The SMILES string of the molecule is CC(CC(=O)O)N1CCN(C(=O)C2CCCN(C(=O)c3ccccc3)C2)CC1. The van der Waals surface area contributed by atoms with Gasteiger partial charge in [-0.1, -0.05) is 18.2 Å². The van der Waals surface area contributed by atoms with Gasteiger partial charge in [-0.25, -0.2) is 0 Å². The molecule has 0 spiro atoms. The van der Waals surface area contributed by atoms with E-state index in [0.29, 0.717) is 44.8 Å². The summed E-state index contributed by atoms with van der Waals surface area (Å²) in [5.41, 5.74) is 0.664. The molecule has 0 aliphatic carbocycles. The number of carboxylic acids is 1. The van der Waals surface area contributed by atoms with Crippen molar-refractivity contribution in [3.05, 3.63) is 35.9 Å². The minimum absolute atomic E-state index is 0.00888. The van der Waals surface area contributed by atoms with E-state index in [1.54, 1.807) is 4.90 Å². The summed E-state index contributed by atoms with van der Waals surface area (Å²) in [6, 6.07) is 9.19. The number of amides is 2. The summed E-state index contributed by atoms with van der Waals surface area (Å²) in [4.78, 5) is 42.4. The number of carbonyl (C=O) groups is 3. The molecule has 7 heteroatoms. The highest BCUT2D eigenvalue weighted by Crippen LogP contribution is 2.22. The first-order valence-corrected chi connectivity index (χ1v) is 10.0. The second-order valence-corrected chi connectivity index (χ2v) is 7.76. The molecule has 2 fully saturated rings. The number of likely N-dealkylation sites (tertiary alicyclic amines) is 1. The third kappa shape index (κ3) is 4.90. The first-order chi connectivity index (χ1) is 13.5. The Morgan fingerprint density at radius 3 is 2.36 bits per heavy atom. The molecule has 0 radical (unpaired) electrons. The predicted molar refractivity (Wildman–Crippen MR) is 105 cm³/mol. The van der Waals surface area contributed by atoms with E-state index in [-0.39, 0.29) is 30.2 Å². The van der Waals surface area contributed by atoms with Crippen LogP contribution >= 0.6 is 0 Å². The zero-order valence-corrected chi connectivity index (χ0v) is 16.4. The zero-order chi connectivity index (χ0) is 20.1. The van der Waals surface area contributed by atoms with Crippen molar-refractivity contribution in [1.29, 1.82) is 0 Å². The van der Waals surface area contributed by atoms with Gasteiger partial charge in [0, 0.05) is 50.9 Å². The fourth-order valence-corrected chi connectivity index (χ4v) is 4.15. The summed E-state index contributed by atoms with van der Waals surface area (Å²) >= 11 is 0. The molecule has 1 aromatic carbocycles. The average molecular weight is 387 g/mol. The number of piperidine rings is 1. The molecule has 3 rings (SSSR count). The lowest BCUT2D eigenvalue weighted by molar-refractivity contribution is -0.141. The molecule has 28 heavy (non-hydrogen) atoms. The van der Waals surface area contributed by atoms with Crippen LogP contribution in [-0.2, 0) is 9.59 Å². The molecule has 2 aliphatic heterocycles. The monoisotopic (exact) mass is 387 g/mol. The molecule has 7 nitrogen and oxygen atoms in total. The van der Waals surface area contributed by atoms with Crippen molar-refractivity contribution in [3.8, 4) is 0 Å².